The molecule has 1 aromatic carbocycles. The van der Waals surface area contributed by atoms with Gasteiger partial charge in [-0.1, -0.05) is 23.7 Å². The average molecular weight is 211 g/mol. The van der Waals surface area contributed by atoms with Gasteiger partial charge in [0.25, 0.3) is 0 Å². The van der Waals surface area contributed by atoms with Crippen LogP contribution in [0.2, 0.25) is 5.02 Å². The number of carbonyl (C=O) groups excluding carboxylic acids is 1. The second-order valence-electron chi connectivity index (χ2n) is 3.52. The topological polar surface area (TPSA) is 26.3 Å². The Morgan fingerprint density at radius 3 is 2.64 bits per heavy atom. The van der Waals surface area contributed by atoms with Gasteiger partial charge in [0.05, 0.1) is 13.0 Å². The smallest absolute Gasteiger partial charge is 0.309 e. The predicted molar refractivity (Wildman–Crippen MR) is 54.3 cm³/mol. The van der Waals surface area contributed by atoms with Crippen LogP contribution in [0, 0.1) is 5.92 Å². The third-order valence-electron chi connectivity index (χ3n) is 2.59. The molecule has 0 spiro atoms. The molecule has 0 aliphatic heterocycles. The Kier molecular flexibility index (Phi) is 2.46. The van der Waals surface area contributed by atoms with Crippen molar-refractivity contribution in [2.45, 2.75) is 12.3 Å². The number of esters is 1. The number of methoxy groups -OCH3 is 1. The summed E-state index contributed by atoms with van der Waals surface area (Å²) < 4.78 is 4.68. The average Bonchev–Trinajstić information content (AvgIpc) is 2.98. The van der Waals surface area contributed by atoms with Crippen LogP contribution in [0.15, 0.2) is 24.3 Å². The molecule has 1 aliphatic rings. The molecule has 0 N–H and O–H groups in total. The van der Waals surface area contributed by atoms with Gasteiger partial charge in [-0.2, -0.15) is 0 Å². The largest absolute Gasteiger partial charge is 0.469 e. The molecule has 1 fully saturated rings. The molecule has 14 heavy (non-hydrogen) atoms. The first-order chi connectivity index (χ1) is 6.72. The lowest BCUT2D eigenvalue weighted by Gasteiger charge is -1.99. The van der Waals surface area contributed by atoms with Crippen molar-refractivity contribution >= 4 is 17.6 Å². The lowest BCUT2D eigenvalue weighted by molar-refractivity contribution is -0.142. The van der Waals surface area contributed by atoms with Crippen LogP contribution in [0.1, 0.15) is 17.9 Å². The molecule has 0 unspecified atom stereocenters. The van der Waals surface area contributed by atoms with Crippen molar-refractivity contribution < 1.29 is 9.53 Å². The maximum Gasteiger partial charge on any atom is 0.309 e. The summed E-state index contributed by atoms with van der Waals surface area (Å²) in [7, 11) is 1.43. The van der Waals surface area contributed by atoms with E-state index in [1.807, 2.05) is 24.3 Å². The van der Waals surface area contributed by atoms with Crippen molar-refractivity contribution in [3.8, 4) is 0 Å². The molecule has 0 radical (unpaired) electrons. The third-order valence-corrected chi connectivity index (χ3v) is 2.84. The van der Waals surface area contributed by atoms with E-state index in [-0.39, 0.29) is 11.9 Å². The minimum Gasteiger partial charge on any atom is -0.469 e. The van der Waals surface area contributed by atoms with Gasteiger partial charge in [-0.05, 0) is 30.0 Å². The minimum absolute atomic E-state index is 0.0566. The summed E-state index contributed by atoms with van der Waals surface area (Å²) in [6.45, 7) is 0. The van der Waals surface area contributed by atoms with Gasteiger partial charge in [0.2, 0.25) is 0 Å². The summed E-state index contributed by atoms with van der Waals surface area (Å²) in [6, 6.07) is 7.64. The summed E-state index contributed by atoms with van der Waals surface area (Å²) in [6.07, 6.45) is 0.897. The first-order valence-electron chi connectivity index (χ1n) is 4.55. The summed E-state index contributed by atoms with van der Waals surface area (Å²) in [5.41, 5.74) is 1.17. The van der Waals surface area contributed by atoms with Crippen molar-refractivity contribution in [1.29, 1.82) is 0 Å². The molecule has 2 rings (SSSR count). The normalized spacial score (nSPS) is 24.4. The van der Waals surface area contributed by atoms with Crippen LogP contribution < -0.4 is 0 Å². The van der Waals surface area contributed by atoms with E-state index in [1.165, 1.54) is 12.7 Å². The fourth-order valence-electron chi connectivity index (χ4n) is 1.69. The molecular formula is C11H11ClO2. The minimum atomic E-state index is -0.107. The number of benzene rings is 1. The molecule has 2 atom stereocenters. The summed E-state index contributed by atoms with van der Waals surface area (Å²) in [5.74, 6) is 0.283. The zero-order valence-corrected chi connectivity index (χ0v) is 8.62. The van der Waals surface area contributed by atoms with E-state index in [0.717, 1.165) is 11.4 Å². The second-order valence-corrected chi connectivity index (χ2v) is 3.96. The first kappa shape index (κ1) is 9.53. The molecule has 0 aromatic heterocycles. The van der Waals surface area contributed by atoms with E-state index in [2.05, 4.69) is 4.74 Å². The van der Waals surface area contributed by atoms with Crippen molar-refractivity contribution in [2.75, 3.05) is 7.11 Å². The monoisotopic (exact) mass is 210 g/mol. The maximum atomic E-state index is 11.2. The lowest BCUT2D eigenvalue weighted by Crippen LogP contribution is -2.03. The molecule has 74 valence electrons. The highest BCUT2D eigenvalue weighted by molar-refractivity contribution is 6.30. The second kappa shape index (κ2) is 3.62. The van der Waals surface area contributed by atoms with Crippen LogP contribution in [0.3, 0.4) is 0 Å². The lowest BCUT2D eigenvalue weighted by atomic mass is 10.1. The van der Waals surface area contributed by atoms with Gasteiger partial charge in [-0.3, -0.25) is 4.79 Å². The fourth-order valence-corrected chi connectivity index (χ4v) is 1.81. The molecule has 2 nitrogen and oxygen atoms in total. The predicted octanol–water partition coefficient (Wildman–Crippen LogP) is 2.62. The Bertz CT molecular complexity index is 345. The molecule has 1 aromatic rings. The van der Waals surface area contributed by atoms with E-state index >= 15 is 0 Å². The highest BCUT2D eigenvalue weighted by Crippen LogP contribution is 2.48. The Balaban J connectivity index is 2.06. The number of rotatable bonds is 2. The molecule has 0 bridgehead atoms. The van der Waals surface area contributed by atoms with Crippen LogP contribution >= 0.6 is 11.6 Å². The Morgan fingerprint density at radius 2 is 2.07 bits per heavy atom. The molecule has 0 saturated heterocycles. The maximum absolute atomic E-state index is 11.2. The van der Waals surface area contributed by atoms with Gasteiger partial charge in [0, 0.05) is 5.02 Å². The number of halogens is 1. The van der Waals surface area contributed by atoms with Crippen molar-refractivity contribution in [1.82, 2.24) is 0 Å². The first-order valence-corrected chi connectivity index (χ1v) is 4.93. The highest BCUT2D eigenvalue weighted by atomic mass is 35.5. The van der Waals surface area contributed by atoms with E-state index < -0.39 is 0 Å². The quantitative estimate of drug-likeness (QED) is 0.702. The van der Waals surface area contributed by atoms with E-state index in [0.29, 0.717) is 5.92 Å². The van der Waals surface area contributed by atoms with Gasteiger partial charge in [-0.25, -0.2) is 0 Å². The highest BCUT2D eigenvalue weighted by Gasteiger charge is 2.44. The van der Waals surface area contributed by atoms with Gasteiger partial charge in [-0.15, -0.1) is 0 Å². The van der Waals surface area contributed by atoms with E-state index in [1.54, 1.807) is 0 Å². The number of carbonyl (C=O) groups is 1. The fraction of sp³-hybridized carbons (Fsp3) is 0.364. The number of hydrogen-bond acceptors (Lipinski definition) is 2. The zero-order valence-electron chi connectivity index (χ0n) is 7.87. The third kappa shape index (κ3) is 1.75. The van der Waals surface area contributed by atoms with Gasteiger partial charge in [0.15, 0.2) is 0 Å². The van der Waals surface area contributed by atoms with E-state index in [9.17, 15) is 4.79 Å². The molecule has 1 aliphatic carbocycles. The number of hydrogen-bond donors (Lipinski definition) is 0. The van der Waals surface area contributed by atoms with Crippen LogP contribution in [0.25, 0.3) is 0 Å². The van der Waals surface area contributed by atoms with Gasteiger partial charge >= 0.3 is 5.97 Å². The van der Waals surface area contributed by atoms with Crippen molar-refractivity contribution in [3.63, 3.8) is 0 Å². The van der Waals surface area contributed by atoms with Crippen molar-refractivity contribution in [3.05, 3.63) is 34.9 Å². The van der Waals surface area contributed by atoms with Crippen molar-refractivity contribution in [2.24, 2.45) is 5.92 Å². The Hall–Kier alpha value is -1.02. The van der Waals surface area contributed by atoms with Crippen LogP contribution in [-0.4, -0.2) is 13.1 Å². The van der Waals surface area contributed by atoms with Crippen LogP contribution in [0.4, 0.5) is 0 Å². The SMILES string of the molecule is COC(=O)[C@H]1C[C@@H]1c1ccc(Cl)cc1. The van der Waals surface area contributed by atoms with Gasteiger partial charge in [0.1, 0.15) is 0 Å². The summed E-state index contributed by atoms with van der Waals surface area (Å²) in [4.78, 5) is 11.2. The van der Waals surface area contributed by atoms with Crippen LogP contribution in [-0.2, 0) is 9.53 Å². The summed E-state index contributed by atoms with van der Waals surface area (Å²) >= 11 is 5.77. The summed E-state index contributed by atoms with van der Waals surface area (Å²) in [5, 5.41) is 0.726. The molecular weight excluding hydrogens is 200 g/mol. The van der Waals surface area contributed by atoms with Gasteiger partial charge < -0.3 is 4.74 Å². The molecule has 0 amide bonds. The molecule has 3 heteroatoms. The number of ether oxygens (including phenoxy) is 1. The Labute approximate surface area is 87.8 Å². The van der Waals surface area contributed by atoms with E-state index in [4.69, 9.17) is 11.6 Å². The molecule has 0 heterocycles. The molecule has 1 saturated carbocycles. The Morgan fingerprint density at radius 1 is 1.43 bits per heavy atom. The zero-order chi connectivity index (χ0) is 10.1. The van der Waals surface area contributed by atoms with Crippen LogP contribution in [0.5, 0.6) is 0 Å². The standard InChI is InChI=1S/C11H11ClO2/c1-14-11(13)10-6-9(10)7-2-4-8(12)5-3-7/h2-5,9-10H,6H2,1H3/t9-,10+/m1/s1.